The van der Waals surface area contributed by atoms with Crippen molar-refractivity contribution < 1.29 is 28.6 Å². The quantitative estimate of drug-likeness (QED) is 0.447. The van der Waals surface area contributed by atoms with Crippen LogP contribution in [0.4, 0.5) is 0 Å². The Morgan fingerprint density at radius 1 is 1.11 bits per heavy atom. The molecule has 7 nitrogen and oxygen atoms in total. The maximum absolute atomic E-state index is 12.6. The van der Waals surface area contributed by atoms with Gasteiger partial charge in [0.1, 0.15) is 5.75 Å². The Kier molecular flexibility index (Phi) is 6.76. The molecule has 0 spiro atoms. The number of ether oxygens (including phenoxy) is 3. The SMILES string of the molecule is COC(=O)c1c(C)[nH]c(C(=O)[C@H](C)OC(=O)/C=C/c2ccccc2OC)c1C. The van der Waals surface area contributed by atoms with Gasteiger partial charge < -0.3 is 19.2 Å². The number of benzene rings is 1. The molecule has 0 amide bonds. The van der Waals surface area contributed by atoms with Gasteiger partial charge in [-0.05, 0) is 38.5 Å². The van der Waals surface area contributed by atoms with Gasteiger partial charge in [0.05, 0.1) is 25.5 Å². The molecule has 0 aliphatic heterocycles. The summed E-state index contributed by atoms with van der Waals surface area (Å²) in [6, 6.07) is 7.19. The van der Waals surface area contributed by atoms with Crippen LogP contribution in [0.1, 0.15) is 44.6 Å². The molecule has 0 saturated carbocycles. The van der Waals surface area contributed by atoms with E-state index >= 15 is 0 Å². The zero-order valence-electron chi connectivity index (χ0n) is 16.5. The maximum atomic E-state index is 12.6. The molecule has 0 aliphatic carbocycles. The molecule has 0 fully saturated rings. The third-order valence-electron chi connectivity index (χ3n) is 4.27. The first kappa shape index (κ1) is 21.0. The van der Waals surface area contributed by atoms with E-state index in [0.29, 0.717) is 28.1 Å². The van der Waals surface area contributed by atoms with E-state index in [4.69, 9.17) is 14.2 Å². The Hall–Kier alpha value is -3.35. The highest BCUT2D eigenvalue weighted by Crippen LogP contribution is 2.21. The predicted octanol–water partition coefficient (Wildman–Crippen LogP) is 3.25. The minimum Gasteiger partial charge on any atom is -0.496 e. The molecule has 1 aromatic heterocycles. The van der Waals surface area contributed by atoms with Gasteiger partial charge in [0.2, 0.25) is 5.78 Å². The number of carbonyl (C=O) groups is 3. The van der Waals surface area contributed by atoms with Gasteiger partial charge in [-0.15, -0.1) is 0 Å². The van der Waals surface area contributed by atoms with Gasteiger partial charge in [-0.2, -0.15) is 0 Å². The molecule has 148 valence electrons. The summed E-state index contributed by atoms with van der Waals surface area (Å²) in [5, 5.41) is 0. The molecule has 0 saturated heterocycles. The number of esters is 2. The topological polar surface area (TPSA) is 94.7 Å². The number of carbonyl (C=O) groups excluding carboxylic acids is 3. The van der Waals surface area contributed by atoms with Crippen LogP contribution >= 0.6 is 0 Å². The van der Waals surface area contributed by atoms with Gasteiger partial charge in [-0.1, -0.05) is 18.2 Å². The standard InChI is InChI=1S/C21H23NO6/c1-12-18(21(25)27-5)13(2)22-19(12)20(24)14(3)28-17(23)11-10-15-8-6-7-9-16(15)26-4/h6-11,14,22H,1-5H3/b11-10+/t14-/m0/s1. The fraction of sp³-hybridized carbons (Fsp3) is 0.286. The number of Topliss-reactive ketones (excluding diaryl/α,β-unsaturated/α-hetero) is 1. The van der Waals surface area contributed by atoms with Gasteiger partial charge in [-0.3, -0.25) is 4.79 Å². The first-order valence-electron chi connectivity index (χ1n) is 8.63. The minimum atomic E-state index is -1.03. The minimum absolute atomic E-state index is 0.215. The van der Waals surface area contributed by atoms with Crippen LogP contribution in [0.2, 0.25) is 0 Å². The molecule has 28 heavy (non-hydrogen) atoms. The molecule has 2 rings (SSSR count). The smallest absolute Gasteiger partial charge is 0.339 e. The number of ketones is 1. The zero-order valence-corrected chi connectivity index (χ0v) is 16.5. The second-order valence-corrected chi connectivity index (χ2v) is 6.14. The summed E-state index contributed by atoms with van der Waals surface area (Å²) in [6.07, 6.45) is 1.75. The third kappa shape index (κ3) is 4.49. The predicted molar refractivity (Wildman–Crippen MR) is 104 cm³/mol. The second-order valence-electron chi connectivity index (χ2n) is 6.14. The van der Waals surface area contributed by atoms with Crippen molar-refractivity contribution in [2.45, 2.75) is 26.9 Å². The molecule has 0 radical (unpaired) electrons. The molecule has 1 N–H and O–H groups in total. The van der Waals surface area contributed by atoms with Gasteiger partial charge >= 0.3 is 11.9 Å². The van der Waals surface area contributed by atoms with E-state index in [1.165, 1.54) is 27.2 Å². The van der Waals surface area contributed by atoms with Crippen molar-refractivity contribution in [2.24, 2.45) is 0 Å². The molecule has 0 unspecified atom stereocenters. The molecule has 1 heterocycles. The van der Waals surface area contributed by atoms with E-state index < -0.39 is 23.8 Å². The lowest BCUT2D eigenvalue weighted by Crippen LogP contribution is -2.24. The van der Waals surface area contributed by atoms with Crippen molar-refractivity contribution in [1.82, 2.24) is 4.98 Å². The Morgan fingerprint density at radius 2 is 1.79 bits per heavy atom. The molecule has 1 atom stereocenters. The average Bonchev–Trinajstić information content (AvgIpc) is 2.99. The average molecular weight is 385 g/mol. The highest BCUT2D eigenvalue weighted by atomic mass is 16.5. The Bertz CT molecular complexity index is 925. The summed E-state index contributed by atoms with van der Waals surface area (Å²) in [6.45, 7) is 4.78. The van der Waals surface area contributed by atoms with E-state index in [1.54, 1.807) is 32.1 Å². The van der Waals surface area contributed by atoms with Crippen molar-refractivity contribution in [1.29, 1.82) is 0 Å². The van der Waals surface area contributed by atoms with Gasteiger partial charge in [0.15, 0.2) is 6.10 Å². The number of methoxy groups -OCH3 is 2. The highest BCUT2D eigenvalue weighted by Gasteiger charge is 2.26. The number of rotatable bonds is 7. The molecule has 2 aromatic rings. The molecular weight excluding hydrogens is 362 g/mol. The monoisotopic (exact) mass is 385 g/mol. The fourth-order valence-electron chi connectivity index (χ4n) is 2.84. The molecule has 0 aliphatic rings. The fourth-order valence-corrected chi connectivity index (χ4v) is 2.84. The lowest BCUT2D eigenvalue weighted by atomic mass is 10.1. The van der Waals surface area contributed by atoms with Crippen LogP contribution in [0.5, 0.6) is 5.75 Å². The van der Waals surface area contributed by atoms with Crippen molar-refractivity contribution in [3.8, 4) is 5.75 Å². The van der Waals surface area contributed by atoms with E-state index in [1.807, 2.05) is 12.1 Å². The van der Waals surface area contributed by atoms with Gasteiger partial charge in [-0.25, -0.2) is 9.59 Å². The number of para-hydroxylation sites is 1. The number of aromatic amines is 1. The largest absolute Gasteiger partial charge is 0.496 e. The Labute approximate surface area is 163 Å². The maximum Gasteiger partial charge on any atom is 0.339 e. The number of hydrogen-bond donors (Lipinski definition) is 1. The number of H-pyrrole nitrogens is 1. The summed E-state index contributed by atoms with van der Waals surface area (Å²) >= 11 is 0. The first-order valence-corrected chi connectivity index (χ1v) is 8.63. The summed E-state index contributed by atoms with van der Waals surface area (Å²) in [4.78, 5) is 39.5. The number of aryl methyl sites for hydroxylation is 1. The van der Waals surface area contributed by atoms with Crippen molar-refractivity contribution in [2.75, 3.05) is 14.2 Å². The van der Waals surface area contributed by atoms with Crippen LogP contribution in [0, 0.1) is 13.8 Å². The Balaban J connectivity index is 2.11. The number of aromatic nitrogens is 1. The first-order chi connectivity index (χ1) is 13.3. The van der Waals surface area contributed by atoms with E-state index in [0.717, 1.165) is 0 Å². The zero-order chi connectivity index (χ0) is 20.8. The molecule has 7 heteroatoms. The van der Waals surface area contributed by atoms with Crippen molar-refractivity contribution in [3.63, 3.8) is 0 Å². The normalized spacial score (nSPS) is 11.9. The highest BCUT2D eigenvalue weighted by molar-refractivity contribution is 6.04. The third-order valence-corrected chi connectivity index (χ3v) is 4.27. The lowest BCUT2D eigenvalue weighted by molar-refractivity contribution is -0.140. The molecular formula is C21H23NO6. The van der Waals surface area contributed by atoms with Gasteiger partial charge in [0, 0.05) is 17.3 Å². The Morgan fingerprint density at radius 3 is 2.43 bits per heavy atom. The van der Waals surface area contributed by atoms with Crippen LogP contribution < -0.4 is 4.74 Å². The summed E-state index contributed by atoms with van der Waals surface area (Å²) in [5.74, 6) is -1.02. The summed E-state index contributed by atoms with van der Waals surface area (Å²) in [7, 11) is 2.81. The second kappa shape index (κ2) is 9.03. The van der Waals surface area contributed by atoms with E-state index in [-0.39, 0.29) is 5.69 Å². The van der Waals surface area contributed by atoms with Crippen LogP contribution in [0.25, 0.3) is 6.08 Å². The summed E-state index contributed by atoms with van der Waals surface area (Å²) in [5.41, 5.74) is 2.20. The van der Waals surface area contributed by atoms with Crippen LogP contribution in [-0.2, 0) is 14.3 Å². The van der Waals surface area contributed by atoms with Crippen molar-refractivity contribution in [3.05, 3.63) is 58.4 Å². The molecule has 1 aromatic carbocycles. The number of hydrogen-bond acceptors (Lipinski definition) is 6. The molecule has 0 bridgehead atoms. The summed E-state index contributed by atoms with van der Waals surface area (Å²) < 4.78 is 15.1. The lowest BCUT2D eigenvalue weighted by Gasteiger charge is -2.11. The van der Waals surface area contributed by atoms with Crippen LogP contribution in [-0.4, -0.2) is 43.0 Å². The van der Waals surface area contributed by atoms with E-state index in [2.05, 4.69) is 4.98 Å². The van der Waals surface area contributed by atoms with Crippen LogP contribution in [0.3, 0.4) is 0 Å². The van der Waals surface area contributed by atoms with Crippen molar-refractivity contribution >= 4 is 23.8 Å². The van der Waals surface area contributed by atoms with Crippen LogP contribution in [0.15, 0.2) is 30.3 Å². The van der Waals surface area contributed by atoms with Gasteiger partial charge in [0.25, 0.3) is 0 Å². The number of nitrogens with one attached hydrogen (secondary N) is 1. The van der Waals surface area contributed by atoms with E-state index in [9.17, 15) is 14.4 Å².